The zero-order valence-electron chi connectivity index (χ0n) is 9.58. The average Bonchev–Trinajstić information content (AvgIpc) is 2.12. The molecule has 0 amide bonds. The van der Waals surface area contributed by atoms with Crippen LogP contribution < -0.4 is 0 Å². The summed E-state index contributed by atoms with van der Waals surface area (Å²) >= 11 is 0. The maximum absolute atomic E-state index is 10.5. The minimum Gasteiger partial charge on any atom is -0.303 e. The van der Waals surface area contributed by atoms with E-state index in [9.17, 15) is 4.79 Å². The molecular formula is C11H23NO. The Bertz CT molecular complexity index is 145. The quantitative estimate of drug-likeness (QED) is 0.592. The van der Waals surface area contributed by atoms with Crippen molar-refractivity contribution < 1.29 is 4.79 Å². The highest BCUT2D eigenvalue weighted by atomic mass is 16.1. The molecule has 2 heteroatoms. The summed E-state index contributed by atoms with van der Waals surface area (Å²) in [5.74, 6) is 0.186. The number of hydrogen-bond acceptors (Lipinski definition) is 2. The monoisotopic (exact) mass is 185 g/mol. The lowest BCUT2D eigenvalue weighted by atomic mass is 9.99. The topological polar surface area (TPSA) is 20.3 Å². The third-order valence-electron chi connectivity index (χ3n) is 2.74. The van der Waals surface area contributed by atoms with Gasteiger partial charge in [-0.1, -0.05) is 13.8 Å². The summed E-state index contributed by atoms with van der Waals surface area (Å²) in [6.07, 6.45) is 3.15. The molecule has 0 aliphatic carbocycles. The first-order chi connectivity index (χ1) is 6.02. The highest BCUT2D eigenvalue weighted by Crippen LogP contribution is 2.14. The highest BCUT2D eigenvalue weighted by Gasteiger charge is 2.17. The van der Waals surface area contributed by atoms with Crippen molar-refractivity contribution in [2.24, 2.45) is 5.92 Å². The molecule has 2 nitrogen and oxygen atoms in total. The van der Waals surface area contributed by atoms with E-state index in [2.05, 4.69) is 32.7 Å². The van der Waals surface area contributed by atoms with Gasteiger partial charge < -0.3 is 9.69 Å². The number of rotatable bonds is 6. The lowest BCUT2D eigenvalue weighted by molar-refractivity contribution is -0.111. The number of nitrogens with zero attached hydrogens (tertiary/aromatic N) is 1. The van der Waals surface area contributed by atoms with Crippen molar-refractivity contribution in [2.45, 2.75) is 52.6 Å². The van der Waals surface area contributed by atoms with Gasteiger partial charge in [0.2, 0.25) is 0 Å². The van der Waals surface area contributed by atoms with Crippen LogP contribution in [-0.4, -0.2) is 30.3 Å². The fourth-order valence-electron chi connectivity index (χ4n) is 1.53. The van der Waals surface area contributed by atoms with Gasteiger partial charge in [0, 0.05) is 18.0 Å². The van der Waals surface area contributed by atoms with Gasteiger partial charge in [0.05, 0.1) is 0 Å². The Labute approximate surface area is 82.3 Å². The fourth-order valence-corrected chi connectivity index (χ4v) is 1.53. The number of carbonyl (C=O) groups is 1. The van der Waals surface area contributed by atoms with Gasteiger partial charge >= 0.3 is 0 Å². The molecule has 2 unspecified atom stereocenters. The van der Waals surface area contributed by atoms with E-state index in [-0.39, 0.29) is 5.92 Å². The molecule has 0 aromatic carbocycles. The normalized spacial score (nSPS) is 16.2. The lowest BCUT2D eigenvalue weighted by Crippen LogP contribution is -2.37. The summed E-state index contributed by atoms with van der Waals surface area (Å²) in [6, 6.07) is 1.10. The maximum atomic E-state index is 10.5. The van der Waals surface area contributed by atoms with Crippen LogP contribution in [0.5, 0.6) is 0 Å². The van der Waals surface area contributed by atoms with E-state index in [1.54, 1.807) is 0 Å². The molecule has 0 bridgehead atoms. The van der Waals surface area contributed by atoms with Crippen LogP contribution in [0, 0.1) is 5.92 Å². The Balaban J connectivity index is 4.08. The van der Waals surface area contributed by atoms with Crippen LogP contribution in [-0.2, 0) is 4.79 Å². The van der Waals surface area contributed by atoms with Crippen molar-refractivity contribution >= 4 is 6.29 Å². The molecular weight excluding hydrogens is 162 g/mol. The van der Waals surface area contributed by atoms with E-state index < -0.39 is 0 Å². The first-order valence-corrected chi connectivity index (χ1v) is 5.20. The lowest BCUT2D eigenvalue weighted by Gasteiger charge is -2.31. The van der Waals surface area contributed by atoms with Crippen LogP contribution in [0.2, 0.25) is 0 Å². The Morgan fingerprint density at radius 1 is 1.31 bits per heavy atom. The third kappa shape index (κ3) is 4.41. The summed E-state index contributed by atoms with van der Waals surface area (Å²) in [6.45, 7) is 8.55. The molecule has 0 N–H and O–H groups in total. The van der Waals surface area contributed by atoms with Crippen LogP contribution in [0.4, 0.5) is 0 Å². The molecule has 0 aliphatic rings. The van der Waals surface area contributed by atoms with Gasteiger partial charge in [0.15, 0.2) is 0 Å². The fraction of sp³-hybridized carbons (Fsp3) is 0.909. The first kappa shape index (κ1) is 12.6. The Hall–Kier alpha value is -0.370. The number of hydrogen-bond donors (Lipinski definition) is 0. The van der Waals surface area contributed by atoms with Crippen molar-refractivity contribution in [3.8, 4) is 0 Å². The van der Waals surface area contributed by atoms with E-state index in [0.29, 0.717) is 12.1 Å². The molecule has 0 heterocycles. The zero-order chi connectivity index (χ0) is 10.4. The maximum Gasteiger partial charge on any atom is 0.122 e. The van der Waals surface area contributed by atoms with Crippen molar-refractivity contribution in [3.63, 3.8) is 0 Å². The molecule has 2 atom stereocenters. The standard InChI is InChI=1S/C11H23NO/c1-6-11(7-10(4)8-13)12(5)9(2)3/h8-11H,6-7H2,1-5H3. The van der Waals surface area contributed by atoms with Gasteiger partial charge in [-0.05, 0) is 33.7 Å². The predicted molar refractivity (Wildman–Crippen MR) is 56.8 cm³/mol. The summed E-state index contributed by atoms with van der Waals surface area (Å²) in [4.78, 5) is 12.9. The zero-order valence-corrected chi connectivity index (χ0v) is 9.58. The smallest absolute Gasteiger partial charge is 0.122 e. The number of aldehydes is 1. The second-order valence-corrected chi connectivity index (χ2v) is 4.17. The van der Waals surface area contributed by atoms with Gasteiger partial charge in [0.25, 0.3) is 0 Å². The minimum atomic E-state index is 0.186. The summed E-state index contributed by atoms with van der Waals surface area (Å²) < 4.78 is 0. The van der Waals surface area contributed by atoms with Crippen LogP contribution in [0.3, 0.4) is 0 Å². The second kappa shape index (κ2) is 6.14. The molecule has 0 aliphatic heterocycles. The van der Waals surface area contributed by atoms with Crippen LogP contribution in [0.1, 0.15) is 40.5 Å². The molecule has 0 radical (unpaired) electrons. The molecule has 13 heavy (non-hydrogen) atoms. The number of carbonyl (C=O) groups excluding carboxylic acids is 1. The van der Waals surface area contributed by atoms with Gasteiger partial charge in [-0.25, -0.2) is 0 Å². The Morgan fingerprint density at radius 3 is 2.15 bits per heavy atom. The first-order valence-electron chi connectivity index (χ1n) is 5.20. The molecule has 0 saturated carbocycles. The summed E-state index contributed by atoms with van der Waals surface area (Å²) in [5, 5.41) is 0. The molecule has 78 valence electrons. The van der Waals surface area contributed by atoms with Crippen molar-refractivity contribution in [1.29, 1.82) is 0 Å². The van der Waals surface area contributed by atoms with E-state index >= 15 is 0 Å². The summed E-state index contributed by atoms with van der Waals surface area (Å²) in [7, 11) is 2.14. The average molecular weight is 185 g/mol. The predicted octanol–water partition coefficient (Wildman–Crippen LogP) is 2.33. The highest BCUT2D eigenvalue weighted by molar-refractivity contribution is 5.52. The van der Waals surface area contributed by atoms with Crippen molar-refractivity contribution in [2.75, 3.05) is 7.05 Å². The van der Waals surface area contributed by atoms with Gasteiger partial charge in [-0.2, -0.15) is 0 Å². The van der Waals surface area contributed by atoms with Crippen molar-refractivity contribution in [3.05, 3.63) is 0 Å². The van der Waals surface area contributed by atoms with Gasteiger partial charge in [-0.15, -0.1) is 0 Å². The van der Waals surface area contributed by atoms with E-state index in [4.69, 9.17) is 0 Å². The second-order valence-electron chi connectivity index (χ2n) is 4.17. The van der Waals surface area contributed by atoms with Crippen LogP contribution >= 0.6 is 0 Å². The van der Waals surface area contributed by atoms with E-state index in [1.807, 2.05) is 6.92 Å². The van der Waals surface area contributed by atoms with Gasteiger partial charge in [0.1, 0.15) is 6.29 Å². The SMILES string of the molecule is CCC(CC(C)C=O)N(C)C(C)C. The molecule has 0 aromatic heterocycles. The Kier molecular flexibility index (Phi) is 5.97. The van der Waals surface area contributed by atoms with Crippen LogP contribution in [0.15, 0.2) is 0 Å². The minimum absolute atomic E-state index is 0.186. The molecule has 0 spiro atoms. The summed E-state index contributed by atoms with van der Waals surface area (Å²) in [5.41, 5.74) is 0. The van der Waals surface area contributed by atoms with Crippen LogP contribution in [0.25, 0.3) is 0 Å². The third-order valence-corrected chi connectivity index (χ3v) is 2.74. The molecule has 0 fully saturated rings. The van der Waals surface area contributed by atoms with Gasteiger partial charge in [-0.3, -0.25) is 0 Å². The molecule has 0 aromatic rings. The van der Waals surface area contributed by atoms with E-state index in [1.165, 1.54) is 0 Å². The largest absolute Gasteiger partial charge is 0.303 e. The van der Waals surface area contributed by atoms with E-state index in [0.717, 1.165) is 19.1 Å². The Morgan fingerprint density at radius 2 is 1.85 bits per heavy atom. The van der Waals surface area contributed by atoms with Crippen molar-refractivity contribution in [1.82, 2.24) is 4.90 Å². The molecule has 0 saturated heterocycles. The molecule has 0 rings (SSSR count).